The van der Waals surface area contributed by atoms with Crippen molar-refractivity contribution in [2.24, 2.45) is 0 Å². The number of rotatable bonds is 4. The van der Waals surface area contributed by atoms with E-state index in [1.54, 1.807) is 0 Å². The van der Waals surface area contributed by atoms with E-state index in [-0.39, 0.29) is 0 Å². The van der Waals surface area contributed by atoms with Crippen molar-refractivity contribution in [3.63, 3.8) is 0 Å². The van der Waals surface area contributed by atoms with Crippen molar-refractivity contribution in [1.29, 1.82) is 0 Å². The Hall–Kier alpha value is -3.64. The first-order valence-electron chi connectivity index (χ1n) is 9.60. The Kier molecular flexibility index (Phi) is 4.26. The molecule has 146 valence electrons. The molecule has 6 nitrogen and oxygen atoms in total. The van der Waals surface area contributed by atoms with Gasteiger partial charge in [0.2, 0.25) is 0 Å². The first-order valence-corrected chi connectivity index (χ1v) is 9.60. The van der Waals surface area contributed by atoms with Gasteiger partial charge >= 0.3 is 0 Å². The molecule has 1 N–H and O–H groups in total. The second-order valence-corrected chi connectivity index (χ2v) is 7.17. The fourth-order valence-corrected chi connectivity index (χ4v) is 3.77. The number of fused-ring (bicyclic) bond motifs is 1. The van der Waals surface area contributed by atoms with Gasteiger partial charge in [-0.05, 0) is 36.4 Å². The highest BCUT2D eigenvalue weighted by Gasteiger charge is 2.24. The number of hydrazine groups is 2. The number of nitrogens with one attached hydrogen (secondary N) is 1. The molecule has 0 radical (unpaired) electrons. The highest BCUT2D eigenvalue weighted by molar-refractivity contribution is 5.82. The maximum atomic E-state index is 6.20. The summed E-state index contributed by atoms with van der Waals surface area (Å²) in [5, 5.41) is 3.92. The highest BCUT2D eigenvalue weighted by atomic mass is 16.5. The molecule has 0 spiro atoms. The van der Waals surface area contributed by atoms with E-state index >= 15 is 0 Å². The van der Waals surface area contributed by atoms with Crippen LogP contribution in [0.25, 0.3) is 0 Å². The Morgan fingerprint density at radius 3 is 2.21 bits per heavy atom. The zero-order valence-electron chi connectivity index (χ0n) is 16.5. The smallest absolute Gasteiger partial charge is 0.129 e. The third kappa shape index (κ3) is 3.23. The molecule has 2 aliphatic heterocycles. The van der Waals surface area contributed by atoms with Crippen LogP contribution in [-0.2, 0) is 0 Å². The monoisotopic (exact) mass is 385 g/mol. The summed E-state index contributed by atoms with van der Waals surface area (Å²) >= 11 is 0. The molecular formula is C23H23N5O. The third-order valence-electron chi connectivity index (χ3n) is 5.18. The molecular weight excluding hydrogens is 362 g/mol. The van der Waals surface area contributed by atoms with Gasteiger partial charge in [-0.2, -0.15) is 0 Å². The lowest BCUT2D eigenvalue weighted by Gasteiger charge is -2.24. The summed E-state index contributed by atoms with van der Waals surface area (Å²) in [6.45, 7) is 0.818. The molecule has 0 aromatic heterocycles. The second-order valence-electron chi connectivity index (χ2n) is 7.17. The highest BCUT2D eigenvalue weighted by Crippen LogP contribution is 2.40. The molecule has 6 heteroatoms. The molecule has 2 heterocycles. The normalized spacial score (nSPS) is 15.6. The average molecular weight is 385 g/mol. The SMILES string of the molecule is CN1CN(c2cccc(Oc3cccc(N4C=CNN4C)c3)c2)c2ccccc21. The Morgan fingerprint density at radius 2 is 1.48 bits per heavy atom. The van der Waals surface area contributed by atoms with Gasteiger partial charge in [0.25, 0.3) is 0 Å². The van der Waals surface area contributed by atoms with Crippen LogP contribution in [0.15, 0.2) is 85.2 Å². The van der Waals surface area contributed by atoms with E-state index in [4.69, 9.17) is 4.74 Å². The number of para-hydroxylation sites is 2. The zero-order valence-corrected chi connectivity index (χ0v) is 16.5. The average Bonchev–Trinajstić information content (AvgIpc) is 3.32. The van der Waals surface area contributed by atoms with Crippen molar-refractivity contribution in [2.75, 3.05) is 35.6 Å². The van der Waals surface area contributed by atoms with Crippen molar-refractivity contribution >= 4 is 22.7 Å². The topological polar surface area (TPSA) is 34.2 Å². The van der Waals surface area contributed by atoms with Crippen LogP contribution in [-0.4, -0.2) is 25.9 Å². The quantitative estimate of drug-likeness (QED) is 0.703. The van der Waals surface area contributed by atoms with Crippen molar-refractivity contribution in [1.82, 2.24) is 10.5 Å². The predicted molar refractivity (Wildman–Crippen MR) is 117 cm³/mol. The van der Waals surface area contributed by atoms with Crippen LogP contribution >= 0.6 is 0 Å². The van der Waals surface area contributed by atoms with Gasteiger partial charge in [-0.1, -0.05) is 24.3 Å². The molecule has 0 bridgehead atoms. The summed E-state index contributed by atoms with van der Waals surface area (Å²) in [4.78, 5) is 4.55. The van der Waals surface area contributed by atoms with E-state index < -0.39 is 0 Å². The van der Waals surface area contributed by atoms with Crippen LogP contribution in [0.3, 0.4) is 0 Å². The fourth-order valence-electron chi connectivity index (χ4n) is 3.77. The van der Waals surface area contributed by atoms with Gasteiger partial charge in [0.1, 0.15) is 11.5 Å². The summed E-state index contributed by atoms with van der Waals surface area (Å²) in [5.74, 6) is 1.61. The molecule has 0 saturated carbocycles. The van der Waals surface area contributed by atoms with Gasteiger partial charge < -0.3 is 20.0 Å². The summed E-state index contributed by atoms with van der Waals surface area (Å²) in [6, 6.07) is 24.8. The molecule has 29 heavy (non-hydrogen) atoms. The van der Waals surface area contributed by atoms with Gasteiger partial charge in [-0.15, -0.1) is 5.12 Å². The minimum Gasteiger partial charge on any atom is -0.457 e. The van der Waals surface area contributed by atoms with Gasteiger partial charge in [0.15, 0.2) is 0 Å². The van der Waals surface area contributed by atoms with E-state index in [1.807, 2.05) is 66.0 Å². The van der Waals surface area contributed by atoms with E-state index in [0.29, 0.717) is 0 Å². The van der Waals surface area contributed by atoms with Crippen LogP contribution in [0.5, 0.6) is 11.5 Å². The van der Waals surface area contributed by atoms with Gasteiger partial charge in [-0.3, -0.25) is 5.01 Å². The Bertz CT molecular complexity index is 1070. The summed E-state index contributed by atoms with van der Waals surface area (Å²) < 4.78 is 6.20. The maximum Gasteiger partial charge on any atom is 0.129 e. The Morgan fingerprint density at radius 1 is 0.793 bits per heavy atom. The third-order valence-corrected chi connectivity index (χ3v) is 5.18. The molecule has 2 aliphatic rings. The Labute approximate surface area is 170 Å². The van der Waals surface area contributed by atoms with Crippen molar-refractivity contribution in [3.8, 4) is 11.5 Å². The summed E-state index contributed by atoms with van der Waals surface area (Å²) in [7, 11) is 4.07. The molecule has 3 aromatic carbocycles. The number of benzene rings is 3. The largest absolute Gasteiger partial charge is 0.457 e. The number of ether oxygens (including phenoxy) is 1. The lowest BCUT2D eigenvalue weighted by atomic mass is 10.2. The van der Waals surface area contributed by atoms with Crippen LogP contribution < -0.4 is 25.0 Å². The molecule has 0 unspecified atom stereocenters. The van der Waals surface area contributed by atoms with Crippen LogP contribution in [0.1, 0.15) is 0 Å². The molecule has 0 saturated heterocycles. The van der Waals surface area contributed by atoms with Crippen LogP contribution in [0.2, 0.25) is 0 Å². The van der Waals surface area contributed by atoms with Gasteiger partial charge in [0, 0.05) is 44.3 Å². The lowest BCUT2D eigenvalue weighted by Crippen LogP contribution is -2.37. The van der Waals surface area contributed by atoms with E-state index in [9.17, 15) is 0 Å². The van der Waals surface area contributed by atoms with Crippen molar-refractivity contribution in [2.45, 2.75) is 0 Å². The molecule has 0 aliphatic carbocycles. The van der Waals surface area contributed by atoms with E-state index in [1.165, 1.54) is 11.4 Å². The number of nitrogens with zero attached hydrogens (tertiary/aromatic N) is 4. The first-order chi connectivity index (χ1) is 14.2. The summed E-state index contributed by atoms with van der Waals surface area (Å²) in [6.07, 6.45) is 3.86. The molecule has 0 amide bonds. The predicted octanol–water partition coefficient (Wildman–Crippen LogP) is 4.67. The lowest BCUT2D eigenvalue weighted by molar-refractivity contribution is 0.302. The number of hydrogen-bond acceptors (Lipinski definition) is 6. The summed E-state index contributed by atoms with van der Waals surface area (Å²) in [5.41, 5.74) is 7.71. The minimum absolute atomic E-state index is 0.798. The van der Waals surface area contributed by atoms with E-state index in [2.05, 4.69) is 58.7 Å². The van der Waals surface area contributed by atoms with Crippen LogP contribution in [0, 0.1) is 0 Å². The Balaban J connectivity index is 1.40. The van der Waals surface area contributed by atoms with Gasteiger partial charge in [-0.25, -0.2) is 0 Å². The maximum absolute atomic E-state index is 6.20. The van der Waals surface area contributed by atoms with E-state index in [0.717, 1.165) is 29.5 Å². The van der Waals surface area contributed by atoms with Crippen molar-refractivity contribution in [3.05, 3.63) is 85.2 Å². The zero-order chi connectivity index (χ0) is 19.8. The van der Waals surface area contributed by atoms with Crippen LogP contribution in [0.4, 0.5) is 22.7 Å². The fraction of sp³-hybridized carbons (Fsp3) is 0.130. The standard InChI is InChI=1S/C23H23N5O/c1-25-17-27(23-12-4-3-11-22(23)25)18-7-5-9-20(15-18)29-21-10-6-8-19(16-21)28-14-13-24-26(28)2/h3-16,24H,17H2,1-2H3. The number of anilines is 4. The first kappa shape index (κ1) is 17.5. The van der Waals surface area contributed by atoms with Crippen molar-refractivity contribution < 1.29 is 4.74 Å². The molecule has 0 atom stereocenters. The molecule has 0 fully saturated rings. The molecule has 3 aromatic rings. The minimum atomic E-state index is 0.798. The molecule has 5 rings (SSSR count). The van der Waals surface area contributed by atoms with Gasteiger partial charge in [0.05, 0.1) is 23.7 Å². The second kappa shape index (κ2) is 7.07. The number of hydrogen-bond donors (Lipinski definition) is 1.